The molecule has 1 aromatic carbocycles. The van der Waals surface area contributed by atoms with Crippen LogP contribution in [0.3, 0.4) is 0 Å². The van der Waals surface area contributed by atoms with Crippen molar-refractivity contribution in [1.82, 2.24) is 15.5 Å². The van der Waals surface area contributed by atoms with Crippen LogP contribution in [0.2, 0.25) is 0 Å². The number of carbonyl (C=O) groups excluding carboxylic acids is 2. The molecule has 0 fully saturated rings. The van der Waals surface area contributed by atoms with Crippen molar-refractivity contribution in [3.63, 3.8) is 0 Å². The molecule has 23 heavy (non-hydrogen) atoms. The number of benzene rings is 1. The molecule has 0 saturated heterocycles. The Balaban J connectivity index is 2.38. The molecule has 1 aromatic rings. The summed E-state index contributed by atoms with van der Waals surface area (Å²) in [6, 6.07) is 5.05. The normalized spacial score (nSPS) is 12.1. The van der Waals surface area contributed by atoms with Crippen molar-refractivity contribution in [2.45, 2.75) is 32.9 Å². The van der Waals surface area contributed by atoms with E-state index in [0.717, 1.165) is 0 Å². The van der Waals surface area contributed by atoms with E-state index in [2.05, 4.69) is 10.6 Å². The van der Waals surface area contributed by atoms with Gasteiger partial charge in [0.15, 0.2) is 11.6 Å². The maximum atomic E-state index is 13.4. The van der Waals surface area contributed by atoms with E-state index in [9.17, 15) is 14.0 Å². The highest BCUT2D eigenvalue weighted by molar-refractivity contribution is 5.96. The fourth-order valence-electron chi connectivity index (χ4n) is 1.77. The summed E-state index contributed by atoms with van der Waals surface area (Å²) in [4.78, 5) is 25.2. The topological polar surface area (TPSA) is 70.7 Å². The summed E-state index contributed by atoms with van der Waals surface area (Å²) in [7, 11) is 1.73. The molecule has 3 amide bonds. The van der Waals surface area contributed by atoms with Gasteiger partial charge < -0.3 is 10.1 Å². The van der Waals surface area contributed by atoms with Gasteiger partial charge in [0.25, 0.3) is 0 Å². The van der Waals surface area contributed by atoms with Crippen molar-refractivity contribution in [3.05, 3.63) is 30.1 Å². The number of ether oxygens (including phenoxy) is 1. The average molecular weight is 325 g/mol. The summed E-state index contributed by atoms with van der Waals surface area (Å²) in [6.07, 6.45) is 0. The van der Waals surface area contributed by atoms with E-state index in [0.29, 0.717) is 6.54 Å². The lowest BCUT2D eigenvalue weighted by molar-refractivity contribution is -0.124. The van der Waals surface area contributed by atoms with Crippen molar-refractivity contribution in [2.24, 2.45) is 0 Å². The molecule has 0 heterocycles. The Morgan fingerprint density at radius 2 is 1.91 bits per heavy atom. The van der Waals surface area contributed by atoms with Gasteiger partial charge in [-0.15, -0.1) is 0 Å². The third kappa shape index (κ3) is 6.65. The van der Waals surface area contributed by atoms with Crippen LogP contribution in [0, 0.1) is 5.82 Å². The number of hydrogen-bond donors (Lipinski definition) is 2. The molecule has 1 rings (SSSR count). The van der Waals surface area contributed by atoms with Gasteiger partial charge in [-0.25, -0.2) is 9.18 Å². The number of imide groups is 1. The van der Waals surface area contributed by atoms with E-state index in [1.807, 2.05) is 0 Å². The first kappa shape index (κ1) is 18.9. The number of likely N-dealkylation sites (N-methyl/N-ethyl adjacent to an activating group) is 1. The molecule has 1 atom stereocenters. The van der Waals surface area contributed by atoms with Crippen LogP contribution in [0.5, 0.6) is 5.75 Å². The van der Waals surface area contributed by atoms with Gasteiger partial charge >= 0.3 is 6.03 Å². The van der Waals surface area contributed by atoms with E-state index in [1.54, 1.807) is 50.9 Å². The van der Waals surface area contributed by atoms with Gasteiger partial charge in [0.2, 0.25) is 5.91 Å². The predicted octanol–water partition coefficient (Wildman–Crippen LogP) is 1.76. The van der Waals surface area contributed by atoms with E-state index in [-0.39, 0.29) is 18.4 Å². The lowest BCUT2D eigenvalue weighted by atomic mass is 10.3. The SMILES string of the molecule is CC(C)NC(=O)NC(=O)C(C)N(C)CCOc1ccccc1F. The number of rotatable bonds is 7. The lowest BCUT2D eigenvalue weighted by Crippen LogP contribution is -2.50. The fourth-order valence-corrected chi connectivity index (χ4v) is 1.77. The van der Waals surface area contributed by atoms with Crippen LogP contribution in [0.25, 0.3) is 0 Å². The number of urea groups is 1. The van der Waals surface area contributed by atoms with Crippen LogP contribution in [0.15, 0.2) is 24.3 Å². The van der Waals surface area contributed by atoms with Gasteiger partial charge in [-0.3, -0.25) is 15.0 Å². The molecule has 7 heteroatoms. The summed E-state index contributed by atoms with van der Waals surface area (Å²) in [5.74, 6) is -0.655. The number of nitrogens with one attached hydrogen (secondary N) is 2. The van der Waals surface area contributed by atoms with E-state index in [1.165, 1.54) is 6.07 Å². The van der Waals surface area contributed by atoms with Gasteiger partial charge in [-0.1, -0.05) is 12.1 Å². The van der Waals surface area contributed by atoms with E-state index >= 15 is 0 Å². The molecule has 0 aliphatic heterocycles. The van der Waals surface area contributed by atoms with Crippen LogP contribution in [0.4, 0.5) is 9.18 Å². The highest BCUT2D eigenvalue weighted by Crippen LogP contribution is 2.15. The van der Waals surface area contributed by atoms with Crippen LogP contribution in [-0.4, -0.2) is 49.1 Å². The van der Waals surface area contributed by atoms with Gasteiger partial charge in [-0.2, -0.15) is 0 Å². The Labute approximate surface area is 136 Å². The average Bonchev–Trinajstić information content (AvgIpc) is 2.47. The number of nitrogens with zero attached hydrogens (tertiary/aromatic N) is 1. The molecule has 1 unspecified atom stereocenters. The van der Waals surface area contributed by atoms with Crippen LogP contribution >= 0.6 is 0 Å². The fraction of sp³-hybridized carbons (Fsp3) is 0.500. The zero-order chi connectivity index (χ0) is 17.4. The Kier molecular flexibility index (Phi) is 7.47. The maximum Gasteiger partial charge on any atom is 0.321 e. The Hall–Kier alpha value is -2.15. The lowest BCUT2D eigenvalue weighted by Gasteiger charge is -2.23. The van der Waals surface area contributed by atoms with Gasteiger partial charge in [-0.05, 0) is 40.0 Å². The highest BCUT2D eigenvalue weighted by Gasteiger charge is 2.20. The third-order valence-electron chi connectivity index (χ3n) is 3.24. The summed E-state index contributed by atoms with van der Waals surface area (Å²) in [5, 5.41) is 4.86. The predicted molar refractivity (Wildman–Crippen MR) is 85.8 cm³/mol. The molecule has 128 valence electrons. The number of hydrogen-bond acceptors (Lipinski definition) is 4. The second-order valence-corrected chi connectivity index (χ2v) is 5.55. The molecule has 0 aromatic heterocycles. The highest BCUT2D eigenvalue weighted by atomic mass is 19.1. The van der Waals surface area contributed by atoms with Gasteiger partial charge in [0.1, 0.15) is 6.61 Å². The molecule has 2 N–H and O–H groups in total. The minimum atomic E-state index is -0.521. The molecular weight excluding hydrogens is 301 g/mol. The smallest absolute Gasteiger partial charge is 0.321 e. The maximum absolute atomic E-state index is 13.4. The van der Waals surface area contributed by atoms with Gasteiger partial charge in [0, 0.05) is 12.6 Å². The van der Waals surface area contributed by atoms with Crippen molar-refractivity contribution >= 4 is 11.9 Å². The Bertz CT molecular complexity index is 537. The van der Waals surface area contributed by atoms with Crippen LogP contribution < -0.4 is 15.4 Å². The second kappa shape index (κ2) is 9.09. The zero-order valence-corrected chi connectivity index (χ0v) is 13.9. The quantitative estimate of drug-likeness (QED) is 0.801. The Morgan fingerprint density at radius 1 is 1.26 bits per heavy atom. The van der Waals surface area contributed by atoms with Crippen molar-refractivity contribution < 1.29 is 18.7 Å². The summed E-state index contributed by atoms with van der Waals surface area (Å²) in [6.45, 7) is 5.93. The number of halogens is 1. The number of para-hydroxylation sites is 1. The molecule has 0 spiro atoms. The Morgan fingerprint density at radius 3 is 2.52 bits per heavy atom. The first-order chi connectivity index (χ1) is 10.8. The van der Waals surface area contributed by atoms with Crippen molar-refractivity contribution in [3.8, 4) is 5.75 Å². The minimum Gasteiger partial charge on any atom is -0.489 e. The molecule has 0 aliphatic rings. The molecule has 0 aliphatic carbocycles. The number of carbonyl (C=O) groups is 2. The standard InChI is InChI=1S/C16H24FN3O3/c1-11(2)18-16(22)19-15(21)12(3)20(4)9-10-23-14-8-6-5-7-13(14)17/h5-8,11-12H,9-10H2,1-4H3,(H2,18,19,21,22). The van der Waals surface area contributed by atoms with Crippen LogP contribution in [0.1, 0.15) is 20.8 Å². The first-order valence-electron chi connectivity index (χ1n) is 7.50. The number of amides is 3. The molecule has 6 nitrogen and oxygen atoms in total. The first-order valence-corrected chi connectivity index (χ1v) is 7.50. The van der Waals surface area contributed by atoms with Crippen molar-refractivity contribution in [2.75, 3.05) is 20.2 Å². The second-order valence-electron chi connectivity index (χ2n) is 5.55. The van der Waals surface area contributed by atoms with Crippen molar-refractivity contribution in [1.29, 1.82) is 0 Å². The van der Waals surface area contributed by atoms with E-state index < -0.39 is 23.8 Å². The summed E-state index contributed by atoms with van der Waals surface area (Å²) >= 11 is 0. The molecular formula is C16H24FN3O3. The molecule has 0 radical (unpaired) electrons. The monoisotopic (exact) mass is 325 g/mol. The minimum absolute atomic E-state index is 0.0509. The third-order valence-corrected chi connectivity index (χ3v) is 3.24. The summed E-state index contributed by atoms with van der Waals surface area (Å²) < 4.78 is 18.7. The van der Waals surface area contributed by atoms with Gasteiger partial charge in [0.05, 0.1) is 6.04 Å². The van der Waals surface area contributed by atoms with E-state index in [4.69, 9.17) is 4.74 Å². The zero-order valence-electron chi connectivity index (χ0n) is 13.9. The molecule has 0 bridgehead atoms. The largest absolute Gasteiger partial charge is 0.489 e. The summed E-state index contributed by atoms with van der Waals surface area (Å²) in [5.41, 5.74) is 0. The molecule has 0 saturated carbocycles. The van der Waals surface area contributed by atoms with Crippen LogP contribution in [-0.2, 0) is 4.79 Å².